The smallest absolute Gasteiger partial charge is 0.256 e. The van der Waals surface area contributed by atoms with Crippen molar-refractivity contribution in [1.29, 1.82) is 0 Å². The zero-order valence-corrected chi connectivity index (χ0v) is 10.8. The molecule has 1 amide bonds. The lowest BCUT2D eigenvalue weighted by molar-refractivity contribution is 0.0653. The number of aryl methyl sites for hydroxylation is 1. The maximum Gasteiger partial charge on any atom is 0.256 e. The van der Waals surface area contributed by atoms with Crippen LogP contribution < -0.4 is 5.73 Å². The van der Waals surface area contributed by atoms with Gasteiger partial charge in [0.15, 0.2) is 0 Å². The lowest BCUT2D eigenvalue weighted by Crippen LogP contribution is -2.42. The molecule has 3 heteroatoms. The van der Waals surface area contributed by atoms with Crippen LogP contribution in [0.3, 0.4) is 0 Å². The summed E-state index contributed by atoms with van der Waals surface area (Å²) in [5.41, 5.74) is 8.16. The van der Waals surface area contributed by atoms with Crippen LogP contribution in [0.5, 0.6) is 0 Å². The fraction of sp³-hybridized carbons (Fsp3) is 0.500. The second-order valence-corrected chi connectivity index (χ2v) is 5.41. The summed E-state index contributed by atoms with van der Waals surface area (Å²) in [5.74, 6) is 0.0636. The first-order valence-corrected chi connectivity index (χ1v) is 6.10. The highest BCUT2D eigenvalue weighted by molar-refractivity contribution is 6.00. The average molecular weight is 232 g/mol. The summed E-state index contributed by atoms with van der Waals surface area (Å²) < 4.78 is 0. The van der Waals surface area contributed by atoms with Crippen LogP contribution in [0.1, 0.15) is 42.6 Å². The molecule has 0 saturated carbocycles. The summed E-state index contributed by atoms with van der Waals surface area (Å²) in [6.07, 6.45) is 2.13. The van der Waals surface area contributed by atoms with Gasteiger partial charge in [-0.3, -0.25) is 4.79 Å². The van der Waals surface area contributed by atoms with E-state index in [1.165, 1.54) is 0 Å². The molecule has 1 aromatic rings. The van der Waals surface area contributed by atoms with E-state index in [-0.39, 0.29) is 11.4 Å². The minimum Gasteiger partial charge on any atom is -0.398 e. The van der Waals surface area contributed by atoms with Crippen LogP contribution in [0.2, 0.25) is 0 Å². The Balaban J connectivity index is 2.35. The van der Waals surface area contributed by atoms with E-state index in [2.05, 4.69) is 13.8 Å². The number of benzene rings is 1. The molecule has 1 fully saturated rings. The zero-order valence-electron chi connectivity index (χ0n) is 10.8. The number of rotatable bonds is 1. The van der Waals surface area contributed by atoms with E-state index in [1.54, 1.807) is 0 Å². The first kappa shape index (κ1) is 12.0. The van der Waals surface area contributed by atoms with Crippen LogP contribution in [-0.4, -0.2) is 22.9 Å². The van der Waals surface area contributed by atoms with E-state index < -0.39 is 0 Å². The maximum absolute atomic E-state index is 12.5. The second kappa shape index (κ2) is 4.06. The molecule has 0 bridgehead atoms. The van der Waals surface area contributed by atoms with Crippen LogP contribution >= 0.6 is 0 Å². The standard InChI is InChI=1S/C14H20N2O/c1-10-6-4-7-11(12(10)15)13(17)16-9-5-8-14(16,2)3/h4,6-7H,5,8-9,15H2,1-3H3. The number of likely N-dealkylation sites (tertiary alicyclic amines) is 1. The number of carbonyl (C=O) groups is 1. The molecule has 1 aromatic carbocycles. The zero-order chi connectivity index (χ0) is 12.6. The molecule has 17 heavy (non-hydrogen) atoms. The van der Waals surface area contributed by atoms with Gasteiger partial charge >= 0.3 is 0 Å². The Morgan fingerprint density at radius 2 is 2.12 bits per heavy atom. The number of hydrogen-bond acceptors (Lipinski definition) is 2. The number of nitrogens with two attached hydrogens (primary N) is 1. The number of anilines is 1. The normalized spacial score (nSPS) is 18.4. The van der Waals surface area contributed by atoms with E-state index in [0.717, 1.165) is 24.9 Å². The van der Waals surface area contributed by atoms with Crippen molar-refractivity contribution in [1.82, 2.24) is 4.90 Å². The Hall–Kier alpha value is -1.51. The SMILES string of the molecule is Cc1cccc(C(=O)N2CCCC2(C)C)c1N. The summed E-state index contributed by atoms with van der Waals surface area (Å²) in [6, 6.07) is 5.64. The monoisotopic (exact) mass is 232 g/mol. The van der Waals surface area contributed by atoms with Gasteiger partial charge in [-0.05, 0) is 45.2 Å². The molecule has 92 valence electrons. The summed E-state index contributed by atoms with van der Waals surface area (Å²) in [5, 5.41) is 0. The van der Waals surface area contributed by atoms with Gasteiger partial charge in [-0.15, -0.1) is 0 Å². The molecule has 1 aliphatic rings. The Bertz CT molecular complexity index is 452. The molecule has 1 aliphatic heterocycles. The largest absolute Gasteiger partial charge is 0.398 e. The van der Waals surface area contributed by atoms with Crippen molar-refractivity contribution in [3.05, 3.63) is 29.3 Å². The highest BCUT2D eigenvalue weighted by atomic mass is 16.2. The Morgan fingerprint density at radius 3 is 2.71 bits per heavy atom. The van der Waals surface area contributed by atoms with E-state index in [9.17, 15) is 4.79 Å². The summed E-state index contributed by atoms with van der Waals surface area (Å²) in [6.45, 7) is 6.99. The minimum absolute atomic E-state index is 0.0483. The summed E-state index contributed by atoms with van der Waals surface area (Å²) in [4.78, 5) is 14.4. The second-order valence-electron chi connectivity index (χ2n) is 5.41. The van der Waals surface area contributed by atoms with Gasteiger partial charge in [0.05, 0.1) is 5.56 Å². The predicted molar refractivity (Wildman–Crippen MR) is 69.9 cm³/mol. The number of nitrogens with zero attached hydrogens (tertiary/aromatic N) is 1. The number of carbonyl (C=O) groups excluding carboxylic acids is 1. The van der Waals surface area contributed by atoms with Gasteiger partial charge in [-0.2, -0.15) is 0 Å². The average Bonchev–Trinajstić information content (AvgIpc) is 2.61. The topological polar surface area (TPSA) is 46.3 Å². The number of nitrogen functional groups attached to an aromatic ring is 1. The van der Waals surface area contributed by atoms with Crippen molar-refractivity contribution in [3.63, 3.8) is 0 Å². The molecular formula is C14H20N2O. The maximum atomic E-state index is 12.5. The Morgan fingerprint density at radius 1 is 1.41 bits per heavy atom. The van der Waals surface area contributed by atoms with Crippen molar-refractivity contribution in [2.45, 2.75) is 39.2 Å². The minimum atomic E-state index is -0.0483. The summed E-state index contributed by atoms with van der Waals surface area (Å²) >= 11 is 0. The fourth-order valence-corrected chi connectivity index (χ4v) is 2.50. The van der Waals surface area contributed by atoms with E-state index in [4.69, 9.17) is 5.73 Å². The van der Waals surface area contributed by atoms with Gasteiger partial charge in [0.25, 0.3) is 5.91 Å². The van der Waals surface area contributed by atoms with Gasteiger partial charge < -0.3 is 10.6 Å². The van der Waals surface area contributed by atoms with Crippen LogP contribution in [-0.2, 0) is 0 Å². The Kier molecular flexibility index (Phi) is 2.86. The molecule has 0 unspecified atom stereocenters. The molecule has 0 atom stereocenters. The van der Waals surface area contributed by atoms with Crippen LogP contribution in [0.4, 0.5) is 5.69 Å². The van der Waals surface area contributed by atoms with Gasteiger partial charge in [0.1, 0.15) is 0 Å². The van der Waals surface area contributed by atoms with Gasteiger partial charge in [-0.25, -0.2) is 0 Å². The third kappa shape index (κ3) is 2.02. The number of hydrogen-bond donors (Lipinski definition) is 1. The van der Waals surface area contributed by atoms with Crippen LogP contribution in [0.15, 0.2) is 18.2 Å². The lowest BCUT2D eigenvalue weighted by Gasteiger charge is -2.32. The number of amides is 1. The van der Waals surface area contributed by atoms with Gasteiger partial charge in [0.2, 0.25) is 0 Å². The molecule has 1 saturated heterocycles. The quantitative estimate of drug-likeness (QED) is 0.756. The molecule has 2 rings (SSSR count). The molecule has 0 spiro atoms. The fourth-order valence-electron chi connectivity index (χ4n) is 2.50. The first-order chi connectivity index (χ1) is 7.93. The third-order valence-corrected chi connectivity index (χ3v) is 3.70. The lowest BCUT2D eigenvalue weighted by atomic mass is 10.0. The summed E-state index contributed by atoms with van der Waals surface area (Å²) in [7, 11) is 0. The molecular weight excluding hydrogens is 212 g/mol. The van der Waals surface area contributed by atoms with Crippen molar-refractivity contribution >= 4 is 11.6 Å². The van der Waals surface area contributed by atoms with Gasteiger partial charge in [0, 0.05) is 17.8 Å². The Labute approximate surface area is 103 Å². The first-order valence-electron chi connectivity index (χ1n) is 6.10. The van der Waals surface area contributed by atoms with Gasteiger partial charge in [-0.1, -0.05) is 12.1 Å². The van der Waals surface area contributed by atoms with Crippen molar-refractivity contribution in [2.75, 3.05) is 12.3 Å². The van der Waals surface area contributed by atoms with E-state index in [0.29, 0.717) is 11.3 Å². The van der Waals surface area contributed by atoms with Crippen LogP contribution in [0, 0.1) is 6.92 Å². The van der Waals surface area contributed by atoms with Crippen molar-refractivity contribution < 1.29 is 4.79 Å². The van der Waals surface area contributed by atoms with Crippen LogP contribution in [0.25, 0.3) is 0 Å². The predicted octanol–water partition coefficient (Wildman–Crippen LogP) is 2.59. The highest BCUT2D eigenvalue weighted by Crippen LogP contribution is 2.31. The molecule has 3 nitrogen and oxygen atoms in total. The van der Waals surface area contributed by atoms with E-state index in [1.807, 2.05) is 30.0 Å². The van der Waals surface area contributed by atoms with Crippen molar-refractivity contribution in [2.24, 2.45) is 0 Å². The molecule has 1 heterocycles. The van der Waals surface area contributed by atoms with E-state index >= 15 is 0 Å². The third-order valence-electron chi connectivity index (χ3n) is 3.70. The molecule has 0 radical (unpaired) electrons. The molecule has 0 aliphatic carbocycles. The molecule has 0 aromatic heterocycles. The van der Waals surface area contributed by atoms with Crippen molar-refractivity contribution in [3.8, 4) is 0 Å². The highest BCUT2D eigenvalue weighted by Gasteiger charge is 2.36. The number of para-hydroxylation sites is 1. The molecule has 2 N–H and O–H groups in total.